The molecule has 0 heterocycles. The zero-order chi connectivity index (χ0) is 17.1. The number of nitrogens with two attached hydrogens (primary N) is 1. The summed E-state index contributed by atoms with van der Waals surface area (Å²) in [5.41, 5.74) is 6.71. The number of benzene rings is 1. The normalized spacial score (nSPS) is 20.2. The third-order valence-corrected chi connectivity index (χ3v) is 3.46. The molecular formula is C18H29N5. The van der Waals surface area contributed by atoms with E-state index in [1.165, 1.54) is 0 Å². The SMILES string of the molecule is CC(C)CN.CNC1=CCC(N=Nc2ccccc2)(NC)C=C1. The zero-order valence-corrected chi connectivity index (χ0v) is 14.6. The van der Waals surface area contributed by atoms with Gasteiger partial charge in [-0.25, -0.2) is 0 Å². The van der Waals surface area contributed by atoms with Crippen LogP contribution in [0.2, 0.25) is 0 Å². The number of hydrogen-bond acceptors (Lipinski definition) is 5. The van der Waals surface area contributed by atoms with E-state index in [0.717, 1.165) is 24.4 Å². The first-order valence-corrected chi connectivity index (χ1v) is 7.99. The number of nitrogens with one attached hydrogen (secondary N) is 2. The molecule has 0 spiro atoms. The molecule has 1 aromatic rings. The van der Waals surface area contributed by atoms with E-state index in [1.54, 1.807) is 0 Å². The first-order chi connectivity index (χ1) is 11.0. The van der Waals surface area contributed by atoms with Crippen LogP contribution in [0.25, 0.3) is 0 Å². The van der Waals surface area contributed by atoms with Crippen LogP contribution in [0.3, 0.4) is 0 Å². The highest BCUT2D eigenvalue weighted by Gasteiger charge is 2.25. The molecule has 5 heteroatoms. The number of azo groups is 1. The lowest BCUT2D eigenvalue weighted by atomic mass is 10.0. The highest BCUT2D eigenvalue weighted by Crippen LogP contribution is 2.23. The summed E-state index contributed by atoms with van der Waals surface area (Å²) in [5.74, 6) is 0.662. The van der Waals surface area contributed by atoms with Crippen LogP contribution in [-0.4, -0.2) is 26.3 Å². The van der Waals surface area contributed by atoms with Crippen molar-refractivity contribution in [2.24, 2.45) is 21.9 Å². The molecule has 23 heavy (non-hydrogen) atoms. The summed E-state index contributed by atoms with van der Waals surface area (Å²) in [6, 6.07) is 9.75. The Labute approximate surface area is 139 Å². The molecule has 1 atom stereocenters. The lowest BCUT2D eigenvalue weighted by molar-refractivity contribution is 0.436. The third kappa shape index (κ3) is 6.76. The molecular weight excluding hydrogens is 286 g/mol. The van der Waals surface area contributed by atoms with Crippen LogP contribution in [-0.2, 0) is 0 Å². The predicted octanol–water partition coefficient (Wildman–Crippen LogP) is 3.35. The molecule has 1 aliphatic rings. The van der Waals surface area contributed by atoms with Gasteiger partial charge in [0.25, 0.3) is 0 Å². The van der Waals surface area contributed by atoms with Gasteiger partial charge in [-0.15, -0.1) is 0 Å². The lowest BCUT2D eigenvalue weighted by Gasteiger charge is -2.26. The maximum Gasteiger partial charge on any atom is 0.154 e. The maximum atomic E-state index is 5.17. The summed E-state index contributed by atoms with van der Waals surface area (Å²) in [6.07, 6.45) is 6.95. The van der Waals surface area contributed by atoms with Crippen LogP contribution in [0.15, 0.2) is 64.5 Å². The molecule has 0 bridgehead atoms. The Kier molecular flexibility index (Phi) is 8.22. The van der Waals surface area contributed by atoms with Crippen molar-refractivity contribution in [3.05, 3.63) is 54.3 Å². The number of allylic oxidation sites excluding steroid dienone is 1. The molecule has 1 aliphatic carbocycles. The highest BCUT2D eigenvalue weighted by molar-refractivity contribution is 5.35. The molecule has 0 amide bonds. The van der Waals surface area contributed by atoms with Gasteiger partial charge in [0.05, 0.1) is 5.69 Å². The van der Waals surface area contributed by atoms with Gasteiger partial charge in [0.15, 0.2) is 5.66 Å². The number of rotatable bonds is 5. The fraction of sp³-hybridized carbons (Fsp3) is 0.444. The van der Waals surface area contributed by atoms with Gasteiger partial charge in [-0.1, -0.05) is 38.1 Å². The molecule has 0 radical (unpaired) electrons. The van der Waals surface area contributed by atoms with Gasteiger partial charge in [0.2, 0.25) is 0 Å². The van der Waals surface area contributed by atoms with E-state index in [4.69, 9.17) is 5.73 Å². The molecule has 0 aromatic heterocycles. The van der Waals surface area contributed by atoms with Crippen molar-refractivity contribution < 1.29 is 0 Å². The summed E-state index contributed by atoms with van der Waals surface area (Å²) in [7, 11) is 3.81. The van der Waals surface area contributed by atoms with Gasteiger partial charge >= 0.3 is 0 Å². The first kappa shape index (κ1) is 19.1. The van der Waals surface area contributed by atoms with Crippen molar-refractivity contribution in [1.29, 1.82) is 0 Å². The molecule has 4 N–H and O–H groups in total. The smallest absolute Gasteiger partial charge is 0.154 e. The Bertz CT molecular complexity index is 534. The van der Waals surface area contributed by atoms with Crippen LogP contribution in [0.1, 0.15) is 20.3 Å². The van der Waals surface area contributed by atoms with Crippen molar-refractivity contribution in [3.63, 3.8) is 0 Å². The molecule has 5 nitrogen and oxygen atoms in total. The van der Waals surface area contributed by atoms with Gasteiger partial charge in [-0.3, -0.25) is 5.32 Å². The number of nitrogens with zero attached hydrogens (tertiary/aromatic N) is 2. The fourth-order valence-corrected chi connectivity index (χ4v) is 1.77. The van der Waals surface area contributed by atoms with Gasteiger partial charge in [0.1, 0.15) is 0 Å². The minimum absolute atomic E-state index is 0.434. The van der Waals surface area contributed by atoms with Crippen LogP contribution < -0.4 is 16.4 Å². The van der Waals surface area contributed by atoms with E-state index in [0.29, 0.717) is 5.92 Å². The molecule has 1 aromatic carbocycles. The second kappa shape index (κ2) is 9.92. The van der Waals surface area contributed by atoms with E-state index < -0.39 is 5.66 Å². The van der Waals surface area contributed by atoms with Crippen molar-refractivity contribution in [2.75, 3.05) is 20.6 Å². The Hall–Kier alpha value is -1.98. The standard InChI is InChI=1S/C14H18N4.C4H11N/c1-15-12-8-10-14(16-2,11-9-12)18-17-13-6-4-3-5-7-13;1-4(2)3-5/h3-10,15-16H,11H2,1-2H3;4H,3,5H2,1-2H3. The fourth-order valence-electron chi connectivity index (χ4n) is 1.77. The molecule has 0 saturated heterocycles. The van der Waals surface area contributed by atoms with Crippen LogP contribution in [0.4, 0.5) is 5.69 Å². The topological polar surface area (TPSA) is 74.8 Å². The molecule has 1 unspecified atom stereocenters. The van der Waals surface area contributed by atoms with E-state index in [9.17, 15) is 0 Å². The summed E-state index contributed by atoms with van der Waals surface area (Å²) in [6.45, 7) is 5.00. The number of likely N-dealkylation sites (N-methyl/N-ethyl adjacent to an activating group) is 2. The summed E-state index contributed by atoms with van der Waals surface area (Å²) in [4.78, 5) is 0. The van der Waals surface area contributed by atoms with E-state index in [1.807, 2.05) is 56.6 Å². The summed E-state index contributed by atoms with van der Waals surface area (Å²) >= 11 is 0. The van der Waals surface area contributed by atoms with Gasteiger partial charge in [-0.05, 0) is 43.8 Å². The Morgan fingerprint density at radius 2 is 1.87 bits per heavy atom. The second-order valence-corrected chi connectivity index (χ2v) is 5.79. The van der Waals surface area contributed by atoms with E-state index >= 15 is 0 Å². The van der Waals surface area contributed by atoms with Crippen molar-refractivity contribution in [3.8, 4) is 0 Å². The van der Waals surface area contributed by atoms with Crippen molar-refractivity contribution >= 4 is 5.69 Å². The average molecular weight is 315 g/mol. The van der Waals surface area contributed by atoms with Crippen LogP contribution >= 0.6 is 0 Å². The summed E-state index contributed by atoms with van der Waals surface area (Å²) < 4.78 is 0. The molecule has 0 saturated carbocycles. The third-order valence-electron chi connectivity index (χ3n) is 3.46. The molecule has 2 rings (SSSR count). The van der Waals surface area contributed by atoms with Crippen LogP contribution in [0.5, 0.6) is 0 Å². The van der Waals surface area contributed by atoms with Crippen LogP contribution in [0, 0.1) is 5.92 Å². The largest absolute Gasteiger partial charge is 0.388 e. The molecule has 0 aliphatic heterocycles. The van der Waals surface area contributed by atoms with Gasteiger partial charge in [0, 0.05) is 19.2 Å². The highest BCUT2D eigenvalue weighted by atomic mass is 15.3. The van der Waals surface area contributed by atoms with Crippen molar-refractivity contribution in [2.45, 2.75) is 25.9 Å². The Morgan fingerprint density at radius 1 is 1.22 bits per heavy atom. The monoisotopic (exact) mass is 315 g/mol. The quantitative estimate of drug-likeness (QED) is 0.729. The van der Waals surface area contributed by atoms with Crippen molar-refractivity contribution in [1.82, 2.24) is 10.6 Å². The maximum absolute atomic E-state index is 5.17. The average Bonchev–Trinajstić information content (AvgIpc) is 2.62. The van der Waals surface area contributed by atoms with Gasteiger partial charge in [-0.2, -0.15) is 10.2 Å². The number of hydrogen-bond donors (Lipinski definition) is 3. The zero-order valence-electron chi connectivity index (χ0n) is 14.6. The van der Waals surface area contributed by atoms with Gasteiger partial charge < -0.3 is 11.1 Å². The second-order valence-electron chi connectivity index (χ2n) is 5.79. The molecule has 126 valence electrons. The molecule has 0 fully saturated rings. The Morgan fingerprint density at radius 3 is 2.30 bits per heavy atom. The Balaban J connectivity index is 0.000000463. The summed E-state index contributed by atoms with van der Waals surface area (Å²) in [5, 5.41) is 15.0. The minimum Gasteiger partial charge on any atom is -0.388 e. The van der Waals surface area contributed by atoms with E-state index in [2.05, 4.69) is 40.8 Å². The lowest BCUT2D eigenvalue weighted by Crippen LogP contribution is -2.39. The van der Waals surface area contributed by atoms with E-state index in [-0.39, 0.29) is 0 Å². The predicted molar refractivity (Wildman–Crippen MR) is 97.5 cm³/mol. The minimum atomic E-state index is -0.434. The first-order valence-electron chi connectivity index (χ1n) is 7.99.